The molecule has 184 valence electrons. The number of hydrogen-bond acceptors (Lipinski definition) is 7. The lowest BCUT2D eigenvalue weighted by molar-refractivity contribution is -0.144. The number of hydrogen-bond donors (Lipinski definition) is 1. The molecule has 1 amide bonds. The summed E-state index contributed by atoms with van der Waals surface area (Å²) < 4.78 is 23.8. The molecule has 2 atom stereocenters. The summed E-state index contributed by atoms with van der Waals surface area (Å²) in [6, 6.07) is 6.60. The molecule has 0 spiro atoms. The number of aromatic nitrogens is 1. The zero-order valence-electron chi connectivity index (χ0n) is 20.0. The lowest BCUT2D eigenvalue weighted by atomic mass is 9.88. The Hall–Kier alpha value is -2.10. The number of thiazole rings is 1. The second-order valence-electron chi connectivity index (χ2n) is 8.06. The number of benzene rings is 1. The molecule has 1 aromatic carbocycles. The quantitative estimate of drug-likeness (QED) is 0.354. The van der Waals surface area contributed by atoms with Gasteiger partial charge in [-0.05, 0) is 51.7 Å². The van der Waals surface area contributed by atoms with Crippen LogP contribution in [0.1, 0.15) is 78.5 Å². The number of carbonyl (C=O) groups is 2. The van der Waals surface area contributed by atoms with E-state index in [0.29, 0.717) is 23.2 Å². The van der Waals surface area contributed by atoms with Crippen LogP contribution in [-0.4, -0.2) is 33.1 Å². The third kappa shape index (κ3) is 7.45. The van der Waals surface area contributed by atoms with Crippen LogP contribution in [0.25, 0.3) is 0 Å². The largest absolute Gasteiger partial charge is 0.425 e. The monoisotopic (exact) mass is 496 g/mol. The van der Waals surface area contributed by atoms with Gasteiger partial charge < -0.3 is 9.47 Å². The molecule has 3 rings (SSSR count). The predicted molar refractivity (Wildman–Crippen MR) is 134 cm³/mol. The summed E-state index contributed by atoms with van der Waals surface area (Å²) >= 11 is 1.20. The smallest absolute Gasteiger partial charge is 0.316 e. The number of esters is 1. The van der Waals surface area contributed by atoms with Crippen LogP contribution in [0.4, 0.5) is 5.13 Å². The molecule has 2 aromatic rings. The van der Waals surface area contributed by atoms with Gasteiger partial charge in [0.05, 0.1) is 11.0 Å². The zero-order valence-corrected chi connectivity index (χ0v) is 21.6. The van der Waals surface area contributed by atoms with E-state index in [1.54, 1.807) is 29.6 Å². The summed E-state index contributed by atoms with van der Waals surface area (Å²) in [5.41, 5.74) is -0.768. The first-order valence-electron chi connectivity index (χ1n) is 11.4. The maximum atomic E-state index is 12.8. The molecule has 0 saturated carbocycles. The first kappa shape index (κ1) is 27.1. The fourth-order valence-corrected chi connectivity index (χ4v) is 5.50. The predicted octanol–water partition coefficient (Wildman–Crippen LogP) is 6.03. The molecule has 1 aromatic heterocycles. The van der Waals surface area contributed by atoms with Crippen LogP contribution in [0.3, 0.4) is 0 Å². The third-order valence-corrected chi connectivity index (χ3v) is 7.43. The summed E-state index contributed by atoms with van der Waals surface area (Å²) in [5.74, 6) is -0.628. The van der Waals surface area contributed by atoms with Gasteiger partial charge in [-0.1, -0.05) is 39.3 Å². The van der Waals surface area contributed by atoms with Crippen molar-refractivity contribution in [3.8, 4) is 5.75 Å². The van der Waals surface area contributed by atoms with E-state index in [9.17, 15) is 13.8 Å². The van der Waals surface area contributed by atoms with E-state index in [1.807, 2.05) is 34.6 Å². The van der Waals surface area contributed by atoms with Crippen LogP contribution < -0.4 is 10.1 Å². The van der Waals surface area contributed by atoms with Crippen molar-refractivity contribution in [1.29, 1.82) is 0 Å². The van der Waals surface area contributed by atoms with E-state index in [1.165, 1.54) is 11.3 Å². The van der Waals surface area contributed by atoms with Crippen molar-refractivity contribution in [2.24, 2.45) is 5.41 Å². The first-order valence-corrected chi connectivity index (χ1v) is 13.5. The average molecular weight is 497 g/mol. The lowest BCUT2D eigenvalue weighted by Gasteiger charge is -2.22. The molecule has 2 heterocycles. The van der Waals surface area contributed by atoms with E-state index in [0.717, 1.165) is 25.7 Å². The second-order valence-corrected chi connectivity index (χ2v) is 10.5. The summed E-state index contributed by atoms with van der Waals surface area (Å²) in [6.07, 6.45) is 4.23. The maximum absolute atomic E-state index is 12.8. The molecule has 1 aliphatic rings. The first-order chi connectivity index (χ1) is 15.8. The normalized spacial score (nSPS) is 16.8. The molecular formula is C24H36N2O5S2. The number of nitrogens with one attached hydrogen (secondary N) is 1. The van der Waals surface area contributed by atoms with Crippen molar-refractivity contribution in [3.63, 3.8) is 0 Å². The lowest BCUT2D eigenvalue weighted by Crippen LogP contribution is -2.29. The van der Waals surface area contributed by atoms with Gasteiger partial charge in [-0.15, -0.1) is 11.3 Å². The van der Waals surface area contributed by atoms with Gasteiger partial charge in [-0.25, -0.2) is 9.19 Å². The van der Waals surface area contributed by atoms with Crippen LogP contribution in [0, 0.1) is 5.41 Å². The Morgan fingerprint density at radius 3 is 2.70 bits per heavy atom. The van der Waals surface area contributed by atoms with Gasteiger partial charge in [0.2, 0.25) is 0 Å². The molecule has 0 aliphatic carbocycles. The standard InChI is InChI=1S/C22H28N2O5S2.C2H6.H2/c1-4-12-22(2,3)20(26)29-16-10-6-5-9-15(16)19(25)24-21-23-17(14-30-21)31(27)18-11-7-8-13-28-18;1-2;/h5-6,9-10,14,18H,4,7-8,11-13H2,1-3H3,(H,23,24,25);1-2H3;1H. The Labute approximate surface area is 204 Å². The topological polar surface area (TPSA) is 94.6 Å². The van der Waals surface area contributed by atoms with Crippen molar-refractivity contribution >= 4 is 39.1 Å². The number of carbonyl (C=O) groups excluding carboxylic acids is 2. The van der Waals surface area contributed by atoms with E-state index in [4.69, 9.17) is 9.47 Å². The van der Waals surface area contributed by atoms with Crippen LogP contribution in [-0.2, 0) is 20.3 Å². The molecule has 33 heavy (non-hydrogen) atoms. The van der Waals surface area contributed by atoms with Crippen molar-refractivity contribution in [1.82, 2.24) is 4.98 Å². The Bertz CT molecular complexity index is 958. The van der Waals surface area contributed by atoms with E-state index < -0.39 is 22.1 Å². The second kappa shape index (κ2) is 13.0. The molecule has 9 heteroatoms. The Morgan fingerprint density at radius 1 is 1.30 bits per heavy atom. The zero-order chi connectivity index (χ0) is 24.4. The number of ether oxygens (including phenoxy) is 2. The Morgan fingerprint density at radius 2 is 2.03 bits per heavy atom. The SMILES string of the molecule is CC.CCCC(C)(C)C(=O)Oc1ccccc1C(=O)Nc1nc(S(=O)C2CCCCO2)cs1.[HH]. The van der Waals surface area contributed by atoms with Gasteiger partial charge >= 0.3 is 5.97 Å². The highest BCUT2D eigenvalue weighted by Gasteiger charge is 2.30. The summed E-state index contributed by atoms with van der Waals surface area (Å²) in [5, 5.41) is 5.11. The minimum Gasteiger partial charge on any atom is -0.425 e. The van der Waals surface area contributed by atoms with Crippen LogP contribution in [0.5, 0.6) is 5.75 Å². The van der Waals surface area contributed by atoms with Gasteiger partial charge in [0.25, 0.3) is 5.91 Å². The van der Waals surface area contributed by atoms with Crippen molar-refractivity contribution in [2.75, 3.05) is 11.9 Å². The van der Waals surface area contributed by atoms with Gasteiger partial charge in [-0.2, -0.15) is 0 Å². The van der Waals surface area contributed by atoms with Crippen molar-refractivity contribution in [3.05, 3.63) is 35.2 Å². The minimum atomic E-state index is -1.38. The van der Waals surface area contributed by atoms with Crippen molar-refractivity contribution < 1.29 is 24.7 Å². The van der Waals surface area contributed by atoms with E-state index in [2.05, 4.69) is 10.3 Å². The van der Waals surface area contributed by atoms with E-state index >= 15 is 0 Å². The molecule has 7 nitrogen and oxygen atoms in total. The number of amides is 1. The number of para-hydroxylation sites is 1. The number of anilines is 1. The summed E-state index contributed by atoms with van der Waals surface area (Å²) in [4.78, 5) is 29.7. The molecule has 0 bridgehead atoms. The number of rotatable bonds is 8. The van der Waals surface area contributed by atoms with Crippen molar-refractivity contribution in [2.45, 2.75) is 77.2 Å². The average Bonchev–Trinajstić information content (AvgIpc) is 3.29. The van der Waals surface area contributed by atoms with Gasteiger partial charge in [0.15, 0.2) is 5.13 Å². The highest BCUT2D eigenvalue weighted by molar-refractivity contribution is 7.85. The summed E-state index contributed by atoms with van der Waals surface area (Å²) in [7, 11) is -1.38. The Kier molecular flexibility index (Phi) is 10.7. The highest BCUT2D eigenvalue weighted by atomic mass is 32.2. The third-order valence-electron chi connectivity index (χ3n) is 5.05. The van der Waals surface area contributed by atoms with Crippen LogP contribution >= 0.6 is 11.3 Å². The molecule has 1 fully saturated rings. The molecule has 2 unspecified atom stereocenters. The Balaban J connectivity index is 0.00000188. The molecule has 0 radical (unpaired) electrons. The summed E-state index contributed by atoms with van der Waals surface area (Å²) in [6.45, 7) is 10.3. The van der Waals surface area contributed by atoms with Gasteiger partial charge in [-0.3, -0.25) is 14.9 Å². The molecule has 1 N–H and O–H groups in total. The molecule has 1 saturated heterocycles. The van der Waals surface area contributed by atoms with Gasteiger partial charge in [0, 0.05) is 13.4 Å². The van der Waals surface area contributed by atoms with Gasteiger partial charge in [0.1, 0.15) is 27.0 Å². The minimum absolute atomic E-state index is 0. The number of nitrogens with zero attached hydrogens (tertiary/aromatic N) is 1. The fourth-order valence-electron chi connectivity index (χ4n) is 3.30. The van der Waals surface area contributed by atoms with Crippen LogP contribution in [0.2, 0.25) is 0 Å². The fraction of sp³-hybridized carbons (Fsp3) is 0.542. The maximum Gasteiger partial charge on any atom is 0.316 e. The molecule has 1 aliphatic heterocycles. The van der Waals surface area contributed by atoms with Crippen LogP contribution in [0.15, 0.2) is 34.7 Å². The highest BCUT2D eigenvalue weighted by Crippen LogP contribution is 2.29. The molecular weight excluding hydrogens is 460 g/mol. The van der Waals surface area contributed by atoms with E-state index in [-0.39, 0.29) is 24.1 Å².